The number of hydrogen-bond acceptors (Lipinski definition) is 6. The average Bonchev–Trinajstić information content (AvgIpc) is 3.24. The number of benzene rings is 1. The molecule has 0 saturated heterocycles. The Kier molecular flexibility index (Phi) is 3.83. The number of thiazole rings is 1. The Bertz CT molecular complexity index is 888. The van der Waals surface area contributed by atoms with Gasteiger partial charge in [0.05, 0.1) is 24.3 Å². The van der Waals surface area contributed by atoms with Crippen LogP contribution in [0.15, 0.2) is 36.0 Å². The molecule has 2 aromatic heterocycles. The molecule has 0 atom stereocenters. The minimum absolute atomic E-state index is 0.277. The Morgan fingerprint density at radius 1 is 1.33 bits per heavy atom. The fourth-order valence-electron chi connectivity index (χ4n) is 2.77. The smallest absolute Gasteiger partial charge is 0.335 e. The lowest BCUT2D eigenvalue weighted by Crippen LogP contribution is -2.33. The molecule has 3 aromatic rings. The van der Waals surface area contributed by atoms with Crippen molar-refractivity contribution in [3.8, 4) is 10.6 Å². The highest BCUT2D eigenvalue weighted by Crippen LogP contribution is 2.25. The van der Waals surface area contributed by atoms with Gasteiger partial charge >= 0.3 is 5.97 Å². The molecule has 0 aliphatic carbocycles. The largest absolute Gasteiger partial charge is 0.478 e. The van der Waals surface area contributed by atoms with Crippen LogP contribution in [0.5, 0.6) is 0 Å². The molecule has 0 amide bonds. The van der Waals surface area contributed by atoms with Crippen LogP contribution in [0.4, 0.5) is 0 Å². The summed E-state index contributed by atoms with van der Waals surface area (Å²) in [5.74, 6) is 0.0527. The number of carboxylic acids is 1. The maximum atomic E-state index is 11.1. The lowest BCUT2D eigenvalue weighted by molar-refractivity contribution is 0.0697. The van der Waals surface area contributed by atoms with Crippen LogP contribution in [-0.2, 0) is 19.6 Å². The molecule has 1 aliphatic heterocycles. The predicted molar refractivity (Wildman–Crippen MR) is 88.6 cm³/mol. The molecule has 0 radical (unpaired) electrons. The minimum atomic E-state index is -0.925. The topological polar surface area (TPSA) is 84.1 Å². The van der Waals surface area contributed by atoms with Crippen LogP contribution in [0.2, 0.25) is 0 Å². The second-order valence-corrected chi connectivity index (χ2v) is 6.50. The first-order valence-electron chi connectivity index (χ1n) is 7.56. The van der Waals surface area contributed by atoms with Gasteiger partial charge in [-0.1, -0.05) is 12.1 Å². The van der Waals surface area contributed by atoms with Crippen molar-refractivity contribution in [3.63, 3.8) is 0 Å². The van der Waals surface area contributed by atoms with Crippen molar-refractivity contribution < 1.29 is 9.90 Å². The van der Waals surface area contributed by atoms with E-state index in [0.29, 0.717) is 0 Å². The average molecular weight is 341 g/mol. The highest BCUT2D eigenvalue weighted by molar-refractivity contribution is 7.13. The third kappa shape index (κ3) is 2.93. The summed E-state index contributed by atoms with van der Waals surface area (Å²) in [5.41, 5.74) is 2.10. The van der Waals surface area contributed by atoms with Crippen LogP contribution in [0, 0.1) is 0 Å². The number of nitrogens with zero attached hydrogens (tertiary/aromatic N) is 5. The van der Waals surface area contributed by atoms with E-state index in [1.807, 2.05) is 16.1 Å². The Balaban J connectivity index is 1.49. The summed E-state index contributed by atoms with van der Waals surface area (Å²) in [6, 6.07) is 6.88. The van der Waals surface area contributed by atoms with Crippen molar-refractivity contribution in [2.24, 2.45) is 0 Å². The molecular weight excluding hydrogens is 326 g/mol. The second-order valence-electron chi connectivity index (χ2n) is 5.64. The molecule has 1 N–H and O–H groups in total. The van der Waals surface area contributed by atoms with Crippen LogP contribution >= 0.6 is 11.3 Å². The number of carboxylic acid groups (broad SMARTS) is 1. The highest BCUT2D eigenvalue weighted by Gasteiger charge is 2.18. The summed E-state index contributed by atoms with van der Waals surface area (Å²) in [6.45, 7) is 3.27. The molecule has 0 saturated carbocycles. The first kappa shape index (κ1) is 15.0. The standard InChI is InChI=1S/C16H15N5O2S/c22-16(23)12-3-1-2-11(6-12)15-19-13(9-24-15)7-20-4-5-21-14(8-20)17-10-18-21/h1-3,6,9-10H,4-5,7-8H2,(H,22,23). The van der Waals surface area contributed by atoms with Crippen molar-refractivity contribution in [1.29, 1.82) is 0 Å². The van der Waals surface area contributed by atoms with Gasteiger partial charge in [-0.3, -0.25) is 4.90 Å². The van der Waals surface area contributed by atoms with E-state index in [0.717, 1.165) is 48.3 Å². The normalized spacial score (nSPS) is 14.5. The fourth-order valence-corrected chi connectivity index (χ4v) is 3.58. The Labute approximate surface area is 142 Å². The van der Waals surface area contributed by atoms with E-state index in [9.17, 15) is 4.79 Å². The van der Waals surface area contributed by atoms with Gasteiger partial charge in [-0.2, -0.15) is 5.10 Å². The van der Waals surface area contributed by atoms with Gasteiger partial charge in [0.2, 0.25) is 0 Å². The second kappa shape index (κ2) is 6.14. The molecule has 1 aromatic carbocycles. The van der Waals surface area contributed by atoms with Crippen molar-refractivity contribution in [2.75, 3.05) is 6.54 Å². The zero-order valence-electron chi connectivity index (χ0n) is 12.8. The molecular formula is C16H15N5O2S. The van der Waals surface area contributed by atoms with Crippen molar-refractivity contribution in [3.05, 3.63) is 53.1 Å². The van der Waals surface area contributed by atoms with E-state index in [2.05, 4.69) is 20.0 Å². The molecule has 24 heavy (non-hydrogen) atoms. The maximum absolute atomic E-state index is 11.1. The van der Waals surface area contributed by atoms with E-state index in [4.69, 9.17) is 5.11 Å². The van der Waals surface area contributed by atoms with E-state index < -0.39 is 5.97 Å². The van der Waals surface area contributed by atoms with Gasteiger partial charge in [0, 0.05) is 24.0 Å². The third-order valence-corrected chi connectivity index (χ3v) is 4.92. The van der Waals surface area contributed by atoms with Crippen LogP contribution in [0.25, 0.3) is 10.6 Å². The number of carbonyl (C=O) groups is 1. The Morgan fingerprint density at radius 3 is 3.12 bits per heavy atom. The van der Waals surface area contributed by atoms with Gasteiger partial charge in [0.25, 0.3) is 0 Å². The van der Waals surface area contributed by atoms with Crippen LogP contribution in [0.3, 0.4) is 0 Å². The number of fused-ring (bicyclic) bond motifs is 1. The molecule has 122 valence electrons. The Morgan fingerprint density at radius 2 is 2.25 bits per heavy atom. The number of rotatable bonds is 4. The zero-order valence-corrected chi connectivity index (χ0v) is 13.6. The van der Waals surface area contributed by atoms with Crippen LogP contribution in [-0.4, -0.2) is 42.3 Å². The number of hydrogen-bond donors (Lipinski definition) is 1. The van der Waals surface area contributed by atoms with Crippen molar-refractivity contribution in [2.45, 2.75) is 19.6 Å². The summed E-state index contributed by atoms with van der Waals surface area (Å²) >= 11 is 1.54. The molecule has 1 aliphatic rings. The molecule has 4 rings (SSSR count). The summed E-state index contributed by atoms with van der Waals surface area (Å²) < 4.78 is 1.93. The lowest BCUT2D eigenvalue weighted by Gasteiger charge is -2.25. The monoisotopic (exact) mass is 341 g/mol. The van der Waals surface area contributed by atoms with Gasteiger partial charge < -0.3 is 5.11 Å². The van der Waals surface area contributed by atoms with E-state index in [1.165, 1.54) is 11.3 Å². The minimum Gasteiger partial charge on any atom is -0.478 e. The Hall–Kier alpha value is -2.58. The first-order chi connectivity index (χ1) is 11.7. The van der Waals surface area contributed by atoms with E-state index in [1.54, 1.807) is 24.5 Å². The van der Waals surface area contributed by atoms with Gasteiger partial charge in [0.15, 0.2) is 0 Å². The molecule has 0 unspecified atom stereocenters. The fraction of sp³-hybridized carbons (Fsp3) is 0.250. The maximum Gasteiger partial charge on any atom is 0.335 e. The summed E-state index contributed by atoms with van der Waals surface area (Å²) in [5, 5.41) is 16.2. The van der Waals surface area contributed by atoms with Crippen LogP contribution < -0.4 is 0 Å². The SMILES string of the molecule is O=C(O)c1cccc(-c2nc(CN3CCn4ncnc4C3)cs2)c1. The van der Waals surface area contributed by atoms with Gasteiger partial charge in [-0.05, 0) is 12.1 Å². The quantitative estimate of drug-likeness (QED) is 0.782. The summed E-state index contributed by atoms with van der Waals surface area (Å²) in [6.07, 6.45) is 1.59. The molecule has 0 spiro atoms. The zero-order chi connectivity index (χ0) is 16.5. The third-order valence-electron chi connectivity index (χ3n) is 3.98. The van der Waals surface area contributed by atoms with Gasteiger partial charge in [-0.15, -0.1) is 11.3 Å². The van der Waals surface area contributed by atoms with Gasteiger partial charge in [0.1, 0.15) is 17.2 Å². The molecule has 0 bridgehead atoms. The van der Waals surface area contributed by atoms with Gasteiger partial charge in [-0.25, -0.2) is 19.4 Å². The van der Waals surface area contributed by atoms with Crippen molar-refractivity contribution in [1.82, 2.24) is 24.6 Å². The molecule has 8 heteroatoms. The molecule has 7 nitrogen and oxygen atoms in total. The first-order valence-corrected chi connectivity index (χ1v) is 8.44. The van der Waals surface area contributed by atoms with E-state index >= 15 is 0 Å². The number of aromatic nitrogens is 4. The molecule has 3 heterocycles. The predicted octanol–water partition coefficient (Wildman–Crippen LogP) is 2.12. The number of aromatic carboxylic acids is 1. The van der Waals surface area contributed by atoms with E-state index in [-0.39, 0.29) is 5.56 Å². The van der Waals surface area contributed by atoms with Crippen molar-refractivity contribution >= 4 is 17.3 Å². The highest BCUT2D eigenvalue weighted by atomic mass is 32.1. The van der Waals surface area contributed by atoms with Crippen LogP contribution in [0.1, 0.15) is 21.9 Å². The molecule has 0 fully saturated rings. The lowest BCUT2D eigenvalue weighted by atomic mass is 10.1. The summed E-state index contributed by atoms with van der Waals surface area (Å²) in [7, 11) is 0. The summed E-state index contributed by atoms with van der Waals surface area (Å²) in [4.78, 5) is 22.3.